The van der Waals surface area contributed by atoms with Crippen molar-refractivity contribution in [2.24, 2.45) is 0 Å². The first kappa shape index (κ1) is 17.0. The molecule has 1 N–H and O–H groups in total. The molecule has 3 nitrogen and oxygen atoms in total. The van der Waals surface area contributed by atoms with Crippen LogP contribution in [-0.4, -0.2) is 39.4 Å². The van der Waals surface area contributed by atoms with Gasteiger partial charge < -0.3 is 15.0 Å². The van der Waals surface area contributed by atoms with Crippen molar-refractivity contribution < 1.29 is 4.74 Å². The Labute approximate surface area is 124 Å². The Morgan fingerprint density at radius 3 is 2.60 bits per heavy atom. The van der Waals surface area contributed by atoms with Gasteiger partial charge in [-0.15, -0.1) is 0 Å². The molecule has 20 heavy (non-hydrogen) atoms. The topological polar surface area (TPSA) is 24.5 Å². The van der Waals surface area contributed by atoms with Crippen LogP contribution in [0.15, 0.2) is 18.2 Å². The van der Waals surface area contributed by atoms with Gasteiger partial charge in [-0.05, 0) is 52.3 Å². The van der Waals surface area contributed by atoms with Gasteiger partial charge in [-0.2, -0.15) is 0 Å². The number of hydrogen-bond acceptors (Lipinski definition) is 3. The first-order chi connectivity index (χ1) is 9.50. The maximum atomic E-state index is 5.52. The summed E-state index contributed by atoms with van der Waals surface area (Å²) in [6, 6.07) is 6.62. The van der Waals surface area contributed by atoms with Crippen LogP contribution < -0.4 is 10.2 Å². The minimum Gasteiger partial charge on any atom is -0.379 e. The second-order valence-electron chi connectivity index (χ2n) is 5.73. The predicted molar refractivity (Wildman–Crippen MR) is 87.8 cm³/mol. The lowest BCUT2D eigenvalue weighted by molar-refractivity contribution is 0.0771. The van der Waals surface area contributed by atoms with Gasteiger partial charge in [0.2, 0.25) is 0 Å². The van der Waals surface area contributed by atoms with Gasteiger partial charge >= 0.3 is 0 Å². The number of benzene rings is 1. The molecule has 0 aliphatic rings. The summed E-state index contributed by atoms with van der Waals surface area (Å²) in [5.74, 6) is 0. The molecule has 3 heteroatoms. The van der Waals surface area contributed by atoms with Crippen LogP contribution in [0.2, 0.25) is 0 Å². The van der Waals surface area contributed by atoms with Gasteiger partial charge in [0.25, 0.3) is 0 Å². The first-order valence-electron chi connectivity index (χ1n) is 7.61. The van der Waals surface area contributed by atoms with Crippen molar-refractivity contribution in [3.63, 3.8) is 0 Å². The van der Waals surface area contributed by atoms with E-state index in [4.69, 9.17) is 4.74 Å². The number of likely N-dealkylation sites (N-methyl/N-ethyl adjacent to an activating group) is 1. The van der Waals surface area contributed by atoms with Crippen LogP contribution in [0.3, 0.4) is 0 Å². The third-order valence-electron chi connectivity index (χ3n) is 3.34. The summed E-state index contributed by atoms with van der Waals surface area (Å²) >= 11 is 0. The van der Waals surface area contributed by atoms with Crippen LogP contribution in [0.4, 0.5) is 5.69 Å². The van der Waals surface area contributed by atoms with Crippen LogP contribution >= 0.6 is 0 Å². The van der Waals surface area contributed by atoms with Crippen molar-refractivity contribution in [1.82, 2.24) is 5.32 Å². The summed E-state index contributed by atoms with van der Waals surface area (Å²) in [5, 5.41) is 3.47. The number of ether oxygens (including phenoxy) is 1. The smallest absolute Gasteiger partial charge is 0.0518 e. The van der Waals surface area contributed by atoms with Crippen LogP contribution in [0, 0.1) is 13.8 Å². The average Bonchev–Trinajstić information content (AvgIpc) is 2.37. The molecule has 0 atom stereocenters. The standard InChI is InChI=1S/C17H30N2O/c1-14(2)20-12-6-9-18-10-11-19(5)17-8-7-15(3)13-16(17)4/h7-8,13-14,18H,6,9-12H2,1-5H3. The molecule has 0 aliphatic heterocycles. The number of aryl methyl sites for hydroxylation is 2. The Balaban J connectivity index is 2.18. The summed E-state index contributed by atoms with van der Waals surface area (Å²) < 4.78 is 5.52. The molecule has 0 saturated heterocycles. The van der Waals surface area contributed by atoms with E-state index in [1.165, 1.54) is 16.8 Å². The summed E-state index contributed by atoms with van der Waals surface area (Å²) in [5.41, 5.74) is 3.99. The van der Waals surface area contributed by atoms with E-state index < -0.39 is 0 Å². The van der Waals surface area contributed by atoms with Gasteiger partial charge in [0.05, 0.1) is 6.10 Å². The van der Waals surface area contributed by atoms with Crippen molar-refractivity contribution in [3.05, 3.63) is 29.3 Å². The molecule has 0 saturated carbocycles. The molecule has 0 aromatic heterocycles. The van der Waals surface area contributed by atoms with Crippen molar-refractivity contribution in [3.8, 4) is 0 Å². The molecular weight excluding hydrogens is 248 g/mol. The van der Waals surface area contributed by atoms with Crippen LogP contribution in [-0.2, 0) is 4.74 Å². The fraction of sp³-hybridized carbons (Fsp3) is 0.647. The van der Waals surface area contributed by atoms with E-state index in [0.717, 1.165) is 32.7 Å². The number of nitrogens with one attached hydrogen (secondary N) is 1. The molecule has 0 unspecified atom stereocenters. The van der Waals surface area contributed by atoms with Crippen molar-refractivity contribution in [2.75, 3.05) is 38.2 Å². The highest BCUT2D eigenvalue weighted by atomic mass is 16.5. The summed E-state index contributed by atoms with van der Waals surface area (Å²) in [6.45, 7) is 12.4. The molecule has 0 radical (unpaired) electrons. The molecule has 1 aromatic carbocycles. The van der Waals surface area contributed by atoms with Gasteiger partial charge in [0, 0.05) is 32.4 Å². The molecule has 114 valence electrons. The fourth-order valence-corrected chi connectivity index (χ4v) is 2.24. The van der Waals surface area contributed by atoms with E-state index in [1.807, 2.05) is 0 Å². The van der Waals surface area contributed by atoms with E-state index in [-0.39, 0.29) is 0 Å². The predicted octanol–water partition coefficient (Wildman–Crippen LogP) is 3.14. The second kappa shape index (κ2) is 8.98. The van der Waals surface area contributed by atoms with E-state index >= 15 is 0 Å². The third-order valence-corrected chi connectivity index (χ3v) is 3.34. The molecule has 0 amide bonds. The largest absolute Gasteiger partial charge is 0.379 e. The summed E-state index contributed by atoms with van der Waals surface area (Å²) in [7, 11) is 2.15. The molecule has 1 rings (SSSR count). The molecule has 0 bridgehead atoms. The number of rotatable bonds is 9. The van der Waals surface area contributed by atoms with Crippen molar-refractivity contribution >= 4 is 5.69 Å². The zero-order valence-electron chi connectivity index (χ0n) is 13.7. The fourth-order valence-electron chi connectivity index (χ4n) is 2.24. The Bertz CT molecular complexity index is 391. The van der Waals surface area contributed by atoms with Crippen molar-refractivity contribution in [1.29, 1.82) is 0 Å². The number of hydrogen-bond donors (Lipinski definition) is 1. The lowest BCUT2D eigenvalue weighted by Crippen LogP contribution is -2.30. The summed E-state index contributed by atoms with van der Waals surface area (Å²) in [6.07, 6.45) is 1.41. The maximum absolute atomic E-state index is 5.52. The van der Waals surface area contributed by atoms with Gasteiger partial charge in [0.1, 0.15) is 0 Å². The lowest BCUT2D eigenvalue weighted by atomic mass is 10.1. The third kappa shape index (κ3) is 6.40. The highest BCUT2D eigenvalue weighted by Gasteiger charge is 2.04. The second-order valence-corrected chi connectivity index (χ2v) is 5.73. The van der Waals surface area contributed by atoms with Crippen LogP contribution in [0.1, 0.15) is 31.4 Å². The molecule has 1 aromatic rings. The molecule has 0 spiro atoms. The highest BCUT2D eigenvalue weighted by molar-refractivity contribution is 5.53. The number of nitrogens with zero attached hydrogens (tertiary/aromatic N) is 1. The monoisotopic (exact) mass is 278 g/mol. The van der Waals surface area contributed by atoms with E-state index in [0.29, 0.717) is 6.10 Å². The van der Waals surface area contributed by atoms with Gasteiger partial charge in [-0.3, -0.25) is 0 Å². The van der Waals surface area contributed by atoms with Gasteiger partial charge in [-0.25, -0.2) is 0 Å². The minimum atomic E-state index is 0.339. The number of anilines is 1. The molecule has 0 heterocycles. The normalized spacial score (nSPS) is 11.1. The first-order valence-corrected chi connectivity index (χ1v) is 7.61. The van der Waals surface area contributed by atoms with E-state index in [9.17, 15) is 0 Å². The van der Waals surface area contributed by atoms with Gasteiger partial charge in [-0.1, -0.05) is 17.7 Å². The summed E-state index contributed by atoms with van der Waals surface area (Å²) in [4.78, 5) is 2.31. The lowest BCUT2D eigenvalue weighted by Gasteiger charge is -2.22. The Kier molecular flexibility index (Phi) is 7.63. The zero-order valence-corrected chi connectivity index (χ0v) is 13.7. The maximum Gasteiger partial charge on any atom is 0.0518 e. The average molecular weight is 278 g/mol. The van der Waals surface area contributed by atoms with E-state index in [1.54, 1.807) is 0 Å². The Hall–Kier alpha value is -1.06. The quantitative estimate of drug-likeness (QED) is 0.702. The van der Waals surface area contributed by atoms with Crippen LogP contribution in [0.5, 0.6) is 0 Å². The minimum absolute atomic E-state index is 0.339. The van der Waals surface area contributed by atoms with Crippen LogP contribution in [0.25, 0.3) is 0 Å². The Morgan fingerprint density at radius 2 is 1.95 bits per heavy atom. The molecule has 0 fully saturated rings. The molecular formula is C17H30N2O. The van der Waals surface area contributed by atoms with Gasteiger partial charge in [0.15, 0.2) is 0 Å². The SMILES string of the molecule is Cc1ccc(N(C)CCNCCCOC(C)C)c(C)c1. The highest BCUT2D eigenvalue weighted by Crippen LogP contribution is 2.19. The molecule has 0 aliphatic carbocycles. The Morgan fingerprint density at radius 1 is 1.20 bits per heavy atom. The van der Waals surface area contributed by atoms with Crippen molar-refractivity contribution in [2.45, 2.75) is 40.2 Å². The van der Waals surface area contributed by atoms with E-state index in [2.05, 4.69) is 63.2 Å². The zero-order chi connectivity index (χ0) is 15.0.